The van der Waals surface area contributed by atoms with Crippen LogP contribution in [0.25, 0.3) is 10.9 Å². The molecule has 0 spiro atoms. The summed E-state index contributed by atoms with van der Waals surface area (Å²) in [7, 11) is 3.86. The van der Waals surface area contributed by atoms with Crippen molar-refractivity contribution in [1.29, 1.82) is 0 Å². The topological polar surface area (TPSA) is 35.9 Å². The van der Waals surface area contributed by atoms with Gasteiger partial charge in [-0.15, -0.1) is 0 Å². The molecule has 0 amide bonds. The molecule has 0 radical (unpaired) electrons. The summed E-state index contributed by atoms with van der Waals surface area (Å²) in [6.45, 7) is 1.21. The fourth-order valence-electron chi connectivity index (χ4n) is 4.11. The van der Waals surface area contributed by atoms with Gasteiger partial charge in [-0.25, -0.2) is 0 Å². The zero-order chi connectivity index (χ0) is 17.8. The summed E-state index contributed by atoms with van der Waals surface area (Å²) < 4.78 is 20.5. The van der Waals surface area contributed by atoms with Crippen LogP contribution in [-0.4, -0.2) is 37.0 Å². The smallest absolute Gasteiger partial charge is 0.231 e. The van der Waals surface area contributed by atoms with Gasteiger partial charge in [-0.3, -0.25) is 4.90 Å². The van der Waals surface area contributed by atoms with E-state index in [-0.39, 0.29) is 13.0 Å². The second-order valence-electron chi connectivity index (χ2n) is 6.75. The number of likely N-dealkylation sites (N-methyl/N-ethyl adjacent to an activating group) is 1. The van der Waals surface area contributed by atoms with E-state index in [1.807, 2.05) is 0 Å². The van der Waals surface area contributed by atoms with Crippen molar-refractivity contribution in [2.45, 2.75) is 12.6 Å². The lowest BCUT2D eigenvalue weighted by atomic mass is 9.94. The van der Waals surface area contributed by atoms with E-state index in [1.165, 1.54) is 16.5 Å². The largest absolute Gasteiger partial charge is 0.492 e. The summed E-state index contributed by atoms with van der Waals surface area (Å²) in [4.78, 5) is 2.36. The van der Waals surface area contributed by atoms with E-state index < -0.39 is 0 Å². The van der Waals surface area contributed by atoms with E-state index in [0.29, 0.717) is 5.75 Å². The number of ether oxygens (including phenoxy) is 3. The lowest BCUT2D eigenvalue weighted by molar-refractivity contribution is 0.170. The van der Waals surface area contributed by atoms with E-state index >= 15 is 0 Å². The second kappa shape index (κ2) is 5.93. The molecule has 134 valence electrons. The maximum Gasteiger partial charge on any atom is 0.231 e. The first-order chi connectivity index (χ1) is 12.7. The van der Waals surface area contributed by atoms with Gasteiger partial charge in [0, 0.05) is 33.7 Å². The van der Waals surface area contributed by atoms with Gasteiger partial charge in [-0.05, 0) is 49.4 Å². The highest BCUT2D eigenvalue weighted by Crippen LogP contribution is 2.50. The lowest BCUT2D eigenvalue weighted by Gasteiger charge is -2.37. The summed E-state index contributed by atoms with van der Waals surface area (Å²) in [5, 5.41) is 1.21. The van der Waals surface area contributed by atoms with Crippen LogP contribution in [-0.2, 0) is 6.42 Å². The summed E-state index contributed by atoms with van der Waals surface area (Å²) in [5.41, 5.74) is 3.61. The minimum absolute atomic E-state index is 0.0434. The molecular weight excluding hydrogens is 396 g/mol. The van der Waals surface area contributed by atoms with Gasteiger partial charge in [0.05, 0.1) is 7.11 Å². The Morgan fingerprint density at radius 2 is 2.08 bits per heavy atom. The molecule has 1 aromatic heterocycles. The molecule has 0 bridgehead atoms. The summed E-state index contributed by atoms with van der Waals surface area (Å²) >= 11 is 3.56. The van der Waals surface area contributed by atoms with Gasteiger partial charge in [0.2, 0.25) is 12.5 Å². The summed E-state index contributed by atoms with van der Waals surface area (Å²) in [6, 6.07) is 10.6. The number of halogens is 1. The Bertz CT molecular complexity index is 1010. The molecule has 26 heavy (non-hydrogen) atoms. The molecule has 6 heteroatoms. The van der Waals surface area contributed by atoms with Gasteiger partial charge in [-0.1, -0.05) is 15.9 Å². The monoisotopic (exact) mass is 414 g/mol. The molecule has 0 saturated heterocycles. The Kier molecular flexibility index (Phi) is 3.65. The van der Waals surface area contributed by atoms with Crippen LogP contribution >= 0.6 is 15.9 Å². The number of hydrogen-bond acceptors (Lipinski definition) is 4. The molecule has 0 fully saturated rings. The molecule has 5 rings (SSSR count). The van der Waals surface area contributed by atoms with Crippen molar-refractivity contribution in [1.82, 2.24) is 9.47 Å². The van der Waals surface area contributed by atoms with Crippen LogP contribution in [0.4, 0.5) is 0 Å². The van der Waals surface area contributed by atoms with Gasteiger partial charge in [0.15, 0.2) is 11.5 Å². The number of methoxy groups -OCH3 is 1. The Hall–Kier alpha value is -2.18. The van der Waals surface area contributed by atoms with Crippen molar-refractivity contribution >= 4 is 26.8 Å². The first kappa shape index (κ1) is 16.0. The number of fused-ring (bicyclic) bond motifs is 3. The average Bonchev–Trinajstić information content (AvgIpc) is 3.26. The minimum Gasteiger partial charge on any atom is -0.492 e. The second-order valence-corrected chi connectivity index (χ2v) is 7.66. The third-order valence-corrected chi connectivity index (χ3v) is 5.80. The molecule has 0 aliphatic carbocycles. The van der Waals surface area contributed by atoms with Crippen molar-refractivity contribution in [3.8, 4) is 17.2 Å². The lowest BCUT2D eigenvalue weighted by Crippen LogP contribution is -2.36. The van der Waals surface area contributed by atoms with Crippen LogP contribution in [0.2, 0.25) is 0 Å². The number of benzene rings is 2. The highest BCUT2D eigenvalue weighted by molar-refractivity contribution is 9.10. The average molecular weight is 415 g/mol. The fourth-order valence-corrected chi connectivity index (χ4v) is 4.49. The van der Waals surface area contributed by atoms with Gasteiger partial charge >= 0.3 is 0 Å². The predicted octanol–water partition coefficient (Wildman–Crippen LogP) is 4.18. The van der Waals surface area contributed by atoms with Gasteiger partial charge in [0.1, 0.15) is 6.17 Å². The SMILES string of the molecule is COc1c2c(cc3c1[C@H](n1ccc4cc(Br)ccc41)N(C)CC3)OCO2. The Labute approximate surface area is 160 Å². The molecular formula is C20H19BrN2O3. The zero-order valence-corrected chi connectivity index (χ0v) is 16.2. The van der Waals surface area contributed by atoms with Crippen molar-refractivity contribution in [2.75, 3.05) is 27.5 Å². The van der Waals surface area contributed by atoms with Gasteiger partial charge < -0.3 is 18.8 Å². The molecule has 2 aromatic carbocycles. The predicted molar refractivity (Wildman–Crippen MR) is 103 cm³/mol. The van der Waals surface area contributed by atoms with E-state index in [2.05, 4.69) is 69.0 Å². The molecule has 3 heterocycles. The van der Waals surface area contributed by atoms with Crippen LogP contribution in [0.3, 0.4) is 0 Å². The van der Waals surface area contributed by atoms with Gasteiger partial charge in [0.25, 0.3) is 0 Å². The summed E-state index contributed by atoms with van der Waals surface area (Å²) in [5.74, 6) is 2.28. The molecule has 2 aliphatic rings. The highest BCUT2D eigenvalue weighted by atomic mass is 79.9. The first-order valence-electron chi connectivity index (χ1n) is 8.63. The quantitative estimate of drug-likeness (QED) is 0.630. The van der Waals surface area contributed by atoms with E-state index in [1.54, 1.807) is 7.11 Å². The van der Waals surface area contributed by atoms with Crippen molar-refractivity contribution in [3.05, 3.63) is 52.1 Å². The number of nitrogens with zero attached hydrogens (tertiary/aromatic N) is 2. The number of rotatable bonds is 2. The zero-order valence-electron chi connectivity index (χ0n) is 14.7. The van der Waals surface area contributed by atoms with Crippen molar-refractivity contribution in [3.63, 3.8) is 0 Å². The van der Waals surface area contributed by atoms with Crippen LogP contribution in [0.5, 0.6) is 17.2 Å². The Balaban J connectivity index is 1.76. The van der Waals surface area contributed by atoms with Crippen molar-refractivity contribution < 1.29 is 14.2 Å². The van der Waals surface area contributed by atoms with Crippen LogP contribution in [0.15, 0.2) is 41.0 Å². The number of aromatic nitrogens is 1. The molecule has 5 nitrogen and oxygen atoms in total. The van der Waals surface area contributed by atoms with Crippen LogP contribution < -0.4 is 14.2 Å². The van der Waals surface area contributed by atoms with E-state index in [9.17, 15) is 0 Å². The first-order valence-corrected chi connectivity index (χ1v) is 9.42. The third kappa shape index (κ3) is 2.25. The Morgan fingerprint density at radius 1 is 1.19 bits per heavy atom. The van der Waals surface area contributed by atoms with Crippen molar-refractivity contribution in [2.24, 2.45) is 0 Å². The molecule has 2 aliphatic heterocycles. The fraction of sp³-hybridized carbons (Fsp3) is 0.300. The minimum atomic E-state index is 0.0434. The molecule has 3 aromatic rings. The summed E-state index contributed by atoms with van der Waals surface area (Å²) in [6.07, 6.45) is 3.15. The third-order valence-electron chi connectivity index (χ3n) is 5.30. The maximum absolute atomic E-state index is 5.81. The number of hydrogen-bond donors (Lipinski definition) is 0. The van der Waals surface area contributed by atoms with E-state index in [0.717, 1.165) is 34.5 Å². The Morgan fingerprint density at radius 3 is 2.92 bits per heavy atom. The molecule has 0 unspecified atom stereocenters. The molecule has 0 saturated carbocycles. The van der Waals surface area contributed by atoms with Gasteiger partial charge in [-0.2, -0.15) is 0 Å². The maximum atomic E-state index is 5.81. The highest BCUT2D eigenvalue weighted by Gasteiger charge is 2.35. The normalized spacial score (nSPS) is 19.0. The molecule has 1 atom stereocenters. The van der Waals surface area contributed by atoms with Crippen LogP contribution in [0, 0.1) is 0 Å². The van der Waals surface area contributed by atoms with E-state index in [4.69, 9.17) is 14.2 Å². The standard InChI is InChI=1S/C20H19BrN2O3/c1-22-7-5-13-10-16-18(26-11-25-16)19(24-2)17(13)20(22)23-8-6-12-9-14(21)3-4-15(12)23/h3-4,6,8-10,20H,5,7,11H2,1-2H3/t20-/m0/s1. The molecule has 0 N–H and O–H groups in total. The van der Waals surface area contributed by atoms with Crippen LogP contribution in [0.1, 0.15) is 17.3 Å².